The predicted octanol–water partition coefficient (Wildman–Crippen LogP) is 5.43. The number of hydrogen-bond donors (Lipinski definition) is 0. The van der Waals surface area contributed by atoms with E-state index < -0.39 is 0 Å². The van der Waals surface area contributed by atoms with E-state index in [-0.39, 0.29) is 0 Å². The lowest BCUT2D eigenvalue weighted by atomic mass is 10.1. The maximum Gasteiger partial charge on any atom is 0.112 e. The molecule has 2 nitrogen and oxygen atoms in total. The molecule has 22 heavy (non-hydrogen) atoms. The van der Waals surface area contributed by atoms with Crippen LogP contribution in [0.15, 0.2) is 35.3 Å². The van der Waals surface area contributed by atoms with Crippen LogP contribution < -0.4 is 0 Å². The zero-order valence-electron chi connectivity index (χ0n) is 14.8. The molecule has 2 aliphatic rings. The minimum atomic E-state index is 0.652. The van der Waals surface area contributed by atoms with Gasteiger partial charge in [-0.2, -0.15) is 0 Å². The summed E-state index contributed by atoms with van der Waals surface area (Å²) in [7, 11) is 0. The Kier molecular flexibility index (Phi) is 6.60. The van der Waals surface area contributed by atoms with E-state index in [0.29, 0.717) is 5.92 Å². The lowest BCUT2D eigenvalue weighted by molar-refractivity contribution is 0.170. The van der Waals surface area contributed by atoms with Crippen molar-refractivity contribution in [3.63, 3.8) is 0 Å². The number of rotatable bonds is 7. The van der Waals surface area contributed by atoms with Crippen molar-refractivity contribution in [3.05, 3.63) is 35.3 Å². The predicted molar refractivity (Wildman–Crippen MR) is 94.6 cm³/mol. The van der Waals surface area contributed by atoms with Crippen molar-refractivity contribution in [2.45, 2.75) is 65.7 Å². The minimum Gasteiger partial charge on any atom is -0.494 e. The summed E-state index contributed by atoms with van der Waals surface area (Å²) < 4.78 is 5.87. The van der Waals surface area contributed by atoms with Crippen molar-refractivity contribution < 1.29 is 4.74 Å². The van der Waals surface area contributed by atoms with Gasteiger partial charge in [-0.1, -0.05) is 33.3 Å². The van der Waals surface area contributed by atoms with Crippen molar-refractivity contribution >= 4 is 0 Å². The fraction of sp³-hybridized carbons (Fsp3) is 0.700. The SMILES string of the molecule is C=C(C=C1CCC(N2CCCCC2)=C1C)OCC(CC)CC. The first kappa shape index (κ1) is 17.2. The third kappa shape index (κ3) is 4.41. The van der Waals surface area contributed by atoms with Gasteiger partial charge in [0, 0.05) is 18.8 Å². The second kappa shape index (κ2) is 8.45. The Hall–Kier alpha value is -1.18. The number of piperidine rings is 1. The molecule has 0 N–H and O–H groups in total. The largest absolute Gasteiger partial charge is 0.494 e. The van der Waals surface area contributed by atoms with Gasteiger partial charge < -0.3 is 9.64 Å². The van der Waals surface area contributed by atoms with E-state index in [4.69, 9.17) is 4.74 Å². The van der Waals surface area contributed by atoms with Crippen molar-refractivity contribution in [2.75, 3.05) is 19.7 Å². The number of allylic oxidation sites excluding steroid dienone is 4. The van der Waals surface area contributed by atoms with E-state index >= 15 is 0 Å². The van der Waals surface area contributed by atoms with E-state index in [0.717, 1.165) is 18.8 Å². The Labute approximate surface area is 136 Å². The molecular weight excluding hydrogens is 270 g/mol. The number of ether oxygens (including phenoxy) is 1. The summed E-state index contributed by atoms with van der Waals surface area (Å²) in [5, 5.41) is 0. The first-order valence-electron chi connectivity index (χ1n) is 9.13. The van der Waals surface area contributed by atoms with Crippen LogP contribution >= 0.6 is 0 Å². The molecule has 0 aromatic carbocycles. The summed E-state index contributed by atoms with van der Waals surface area (Å²) in [6.45, 7) is 14.1. The van der Waals surface area contributed by atoms with Gasteiger partial charge >= 0.3 is 0 Å². The van der Waals surface area contributed by atoms with Crippen LogP contribution in [0.3, 0.4) is 0 Å². The van der Waals surface area contributed by atoms with Crippen molar-refractivity contribution in [1.82, 2.24) is 4.90 Å². The van der Waals surface area contributed by atoms with Crippen LogP contribution in [0, 0.1) is 5.92 Å². The van der Waals surface area contributed by atoms with Gasteiger partial charge in [0.25, 0.3) is 0 Å². The topological polar surface area (TPSA) is 12.5 Å². The third-order valence-corrected chi connectivity index (χ3v) is 5.28. The molecule has 2 heteroatoms. The Bertz CT molecular complexity index is 437. The van der Waals surface area contributed by atoms with Crippen LogP contribution in [0.2, 0.25) is 0 Å². The molecule has 0 radical (unpaired) electrons. The average molecular weight is 303 g/mol. The van der Waals surface area contributed by atoms with E-state index in [2.05, 4.69) is 38.3 Å². The highest BCUT2D eigenvalue weighted by atomic mass is 16.5. The molecule has 0 amide bonds. The molecule has 0 atom stereocenters. The molecular formula is C20H33NO. The van der Waals surface area contributed by atoms with E-state index in [9.17, 15) is 0 Å². The fourth-order valence-electron chi connectivity index (χ4n) is 3.54. The summed E-state index contributed by atoms with van der Waals surface area (Å²) in [6.07, 6.45) is 11.0. The van der Waals surface area contributed by atoms with Gasteiger partial charge in [-0.05, 0) is 62.2 Å². The van der Waals surface area contributed by atoms with Crippen molar-refractivity contribution in [2.24, 2.45) is 5.92 Å². The summed E-state index contributed by atoms with van der Waals surface area (Å²) in [5.41, 5.74) is 4.46. The summed E-state index contributed by atoms with van der Waals surface area (Å²) in [6, 6.07) is 0. The minimum absolute atomic E-state index is 0.652. The molecule has 1 saturated heterocycles. The molecule has 1 aliphatic carbocycles. The molecule has 1 aliphatic heterocycles. The van der Waals surface area contributed by atoms with E-state index in [1.54, 1.807) is 5.70 Å². The van der Waals surface area contributed by atoms with E-state index in [1.165, 1.54) is 62.8 Å². The first-order valence-corrected chi connectivity index (χ1v) is 9.13. The molecule has 0 saturated carbocycles. The smallest absolute Gasteiger partial charge is 0.112 e. The lowest BCUT2D eigenvalue weighted by Gasteiger charge is -2.30. The summed E-state index contributed by atoms with van der Waals surface area (Å²) in [4.78, 5) is 2.60. The number of nitrogens with zero attached hydrogens (tertiary/aromatic N) is 1. The Morgan fingerprint density at radius 2 is 1.86 bits per heavy atom. The molecule has 124 valence electrons. The Morgan fingerprint density at radius 1 is 1.18 bits per heavy atom. The average Bonchev–Trinajstić information content (AvgIpc) is 2.90. The fourth-order valence-corrected chi connectivity index (χ4v) is 3.54. The van der Waals surface area contributed by atoms with E-state index in [1.807, 2.05) is 0 Å². The van der Waals surface area contributed by atoms with Gasteiger partial charge in [-0.15, -0.1) is 0 Å². The maximum atomic E-state index is 5.87. The van der Waals surface area contributed by atoms with Gasteiger partial charge in [0.15, 0.2) is 0 Å². The highest BCUT2D eigenvalue weighted by molar-refractivity contribution is 5.41. The Morgan fingerprint density at radius 3 is 2.50 bits per heavy atom. The quantitative estimate of drug-likeness (QED) is 0.581. The van der Waals surface area contributed by atoms with Gasteiger partial charge in [-0.3, -0.25) is 0 Å². The van der Waals surface area contributed by atoms with Gasteiger partial charge in [0.1, 0.15) is 5.76 Å². The second-order valence-corrected chi connectivity index (χ2v) is 6.75. The monoisotopic (exact) mass is 303 g/mol. The molecule has 0 spiro atoms. The van der Waals surface area contributed by atoms with Crippen LogP contribution in [0.1, 0.15) is 65.7 Å². The molecule has 0 aromatic rings. The normalized spacial score (nSPS) is 21.1. The van der Waals surface area contributed by atoms with Crippen LogP contribution in [0.4, 0.5) is 0 Å². The summed E-state index contributed by atoms with van der Waals surface area (Å²) >= 11 is 0. The molecule has 2 rings (SSSR count). The zero-order valence-corrected chi connectivity index (χ0v) is 14.8. The molecule has 0 unspecified atom stereocenters. The molecule has 0 aromatic heterocycles. The third-order valence-electron chi connectivity index (χ3n) is 5.28. The zero-order chi connectivity index (χ0) is 15.9. The van der Waals surface area contributed by atoms with Crippen molar-refractivity contribution in [3.8, 4) is 0 Å². The lowest BCUT2D eigenvalue weighted by Crippen LogP contribution is -2.28. The van der Waals surface area contributed by atoms with Gasteiger partial charge in [-0.25, -0.2) is 0 Å². The van der Waals surface area contributed by atoms with Crippen LogP contribution in [0.5, 0.6) is 0 Å². The first-order chi connectivity index (χ1) is 10.7. The second-order valence-electron chi connectivity index (χ2n) is 6.75. The van der Waals surface area contributed by atoms with Crippen molar-refractivity contribution in [1.29, 1.82) is 0 Å². The Balaban J connectivity index is 1.94. The standard InChI is InChI=1S/C20H33NO/c1-5-18(6-2)15-22-16(3)14-19-10-11-20(17(19)4)21-12-8-7-9-13-21/h14,18H,3,5-13,15H2,1-2,4H3. The number of hydrogen-bond acceptors (Lipinski definition) is 2. The highest BCUT2D eigenvalue weighted by Gasteiger charge is 2.22. The van der Waals surface area contributed by atoms with Gasteiger partial charge in [0.05, 0.1) is 6.61 Å². The maximum absolute atomic E-state index is 5.87. The van der Waals surface area contributed by atoms with Crippen LogP contribution in [-0.4, -0.2) is 24.6 Å². The van der Waals surface area contributed by atoms with Crippen LogP contribution in [0.25, 0.3) is 0 Å². The highest BCUT2D eigenvalue weighted by Crippen LogP contribution is 2.35. The molecule has 1 fully saturated rings. The van der Waals surface area contributed by atoms with Gasteiger partial charge in [0.2, 0.25) is 0 Å². The summed E-state index contributed by atoms with van der Waals surface area (Å²) in [5.74, 6) is 1.49. The molecule has 1 heterocycles. The molecule has 0 bridgehead atoms. The number of likely N-dealkylation sites (tertiary alicyclic amines) is 1. The van der Waals surface area contributed by atoms with Crippen LogP contribution in [-0.2, 0) is 4.74 Å².